The second-order valence-electron chi connectivity index (χ2n) is 10.3. The first kappa shape index (κ1) is 34.0. The number of carbonyl (C=O) groups excluding carboxylic acids is 6. The van der Waals surface area contributed by atoms with E-state index in [2.05, 4.69) is 21.3 Å². The van der Waals surface area contributed by atoms with E-state index in [1.165, 1.54) is 9.80 Å². The van der Waals surface area contributed by atoms with Gasteiger partial charge in [-0.15, -0.1) is 0 Å². The van der Waals surface area contributed by atoms with Crippen LogP contribution in [0, 0.1) is 0 Å². The molecule has 232 valence electrons. The molecule has 3 unspecified atom stereocenters. The number of anilines is 2. The number of aldehydes is 1. The van der Waals surface area contributed by atoms with Gasteiger partial charge >= 0.3 is 12.1 Å². The maximum atomic E-state index is 13.4. The Labute approximate surface area is 246 Å². The Hall–Kier alpha value is -4.20. The van der Waals surface area contributed by atoms with E-state index in [0.29, 0.717) is 50.1 Å². The van der Waals surface area contributed by atoms with Gasteiger partial charge in [0.25, 0.3) is 0 Å². The van der Waals surface area contributed by atoms with Crippen molar-refractivity contribution in [3.8, 4) is 0 Å². The molecule has 4 atom stereocenters. The van der Waals surface area contributed by atoms with Gasteiger partial charge in [0.2, 0.25) is 18.2 Å². The number of primary amides is 1. The molecule has 42 heavy (non-hydrogen) atoms. The monoisotopic (exact) mass is 588 g/mol. The van der Waals surface area contributed by atoms with E-state index in [9.17, 15) is 28.8 Å². The second-order valence-corrected chi connectivity index (χ2v) is 10.3. The minimum atomic E-state index is -0.663. The summed E-state index contributed by atoms with van der Waals surface area (Å²) in [6.07, 6.45) is 3.12. The number of carbonyl (C=O) groups is 6. The Morgan fingerprint density at radius 2 is 1.60 bits per heavy atom. The predicted octanol–water partition coefficient (Wildman–Crippen LogP) is 0.941. The molecule has 0 aliphatic carbocycles. The zero-order valence-electron chi connectivity index (χ0n) is 24.8. The molecule has 1 heterocycles. The first-order valence-corrected chi connectivity index (χ1v) is 14.2. The molecular formula is C28H44N8O6. The lowest BCUT2D eigenvalue weighted by Gasteiger charge is -2.30. The zero-order valence-corrected chi connectivity index (χ0v) is 24.8. The van der Waals surface area contributed by atoms with Crippen LogP contribution >= 0.6 is 0 Å². The molecule has 0 bridgehead atoms. The molecule has 0 spiro atoms. The van der Waals surface area contributed by atoms with Crippen LogP contribution in [0.3, 0.4) is 0 Å². The topological polar surface area (TPSA) is 186 Å². The summed E-state index contributed by atoms with van der Waals surface area (Å²) in [5, 5.41) is 11.4. The quantitative estimate of drug-likeness (QED) is 0.178. The van der Waals surface area contributed by atoms with Gasteiger partial charge in [0.05, 0.1) is 6.04 Å². The van der Waals surface area contributed by atoms with Gasteiger partial charge in [-0.2, -0.15) is 0 Å². The summed E-state index contributed by atoms with van der Waals surface area (Å²) in [5.41, 5.74) is 6.45. The highest BCUT2D eigenvalue weighted by Crippen LogP contribution is 2.25. The Morgan fingerprint density at radius 1 is 1.00 bits per heavy atom. The number of nitrogens with one attached hydrogen (secondary N) is 4. The minimum Gasteiger partial charge on any atom is -0.368 e. The number of likely N-dealkylation sites (tertiary alicyclic amines) is 1. The van der Waals surface area contributed by atoms with E-state index in [1.54, 1.807) is 50.1 Å². The third-order valence-electron chi connectivity index (χ3n) is 7.31. The van der Waals surface area contributed by atoms with Crippen molar-refractivity contribution in [3.05, 3.63) is 24.3 Å². The molecule has 0 radical (unpaired) electrons. The number of amides is 7. The maximum Gasteiger partial charge on any atom is 0.321 e. The average molecular weight is 589 g/mol. The molecule has 1 aromatic carbocycles. The number of nitrogens with two attached hydrogens (primary N) is 1. The fourth-order valence-electron chi connectivity index (χ4n) is 4.75. The lowest BCUT2D eigenvalue weighted by Crippen LogP contribution is -2.50. The summed E-state index contributed by atoms with van der Waals surface area (Å²) in [7, 11) is 1.68. The molecule has 2 rings (SSSR count). The standard InChI is InChI=1S/C28H44N8O6/c1-5-34(14-6-16-37)27(41)32-21-7-9-22(10-8-21)33-28(42)35(17-19(2)31-26(40)20(3)30-4)15-13-23-11-12-24(25(29)39)36(23)18-38/h7-10,16,18-20,23-24,30H,5-6,11-15,17H2,1-4H3,(H2,29,39)(H,31,40)(H,32,41)(H,33,42)/t19?,20?,23-,24?/m1/s1. The van der Waals surface area contributed by atoms with Crippen molar-refractivity contribution in [2.24, 2.45) is 5.73 Å². The van der Waals surface area contributed by atoms with Crippen molar-refractivity contribution in [2.45, 2.75) is 70.6 Å². The number of likely N-dealkylation sites (N-methyl/N-ethyl adjacent to an activating group) is 1. The second kappa shape index (κ2) is 16.9. The van der Waals surface area contributed by atoms with Gasteiger partial charge in [0.1, 0.15) is 12.3 Å². The number of hydrogen-bond donors (Lipinski definition) is 5. The van der Waals surface area contributed by atoms with Gasteiger partial charge in [-0.1, -0.05) is 0 Å². The smallest absolute Gasteiger partial charge is 0.321 e. The third kappa shape index (κ3) is 10.0. The van der Waals surface area contributed by atoms with E-state index >= 15 is 0 Å². The molecule has 1 saturated heterocycles. The molecule has 1 aliphatic heterocycles. The highest BCUT2D eigenvalue weighted by atomic mass is 16.2. The number of benzene rings is 1. The predicted molar refractivity (Wildman–Crippen MR) is 159 cm³/mol. The van der Waals surface area contributed by atoms with Crippen LogP contribution in [0.15, 0.2) is 24.3 Å². The van der Waals surface area contributed by atoms with Gasteiger partial charge in [0, 0.05) is 56.1 Å². The van der Waals surface area contributed by atoms with Crippen molar-refractivity contribution in [1.29, 1.82) is 0 Å². The van der Waals surface area contributed by atoms with Crippen LogP contribution in [0.1, 0.15) is 46.5 Å². The SMILES string of the molecule is CCN(CCC=O)C(=O)Nc1ccc(NC(=O)N(CC[C@H]2CCC(C(N)=O)N2C=O)CC(C)NC(=O)C(C)NC)cc1. The van der Waals surface area contributed by atoms with Crippen LogP contribution < -0.4 is 27.0 Å². The van der Waals surface area contributed by atoms with Crippen LogP contribution in [-0.4, -0.2) is 109 Å². The van der Waals surface area contributed by atoms with Gasteiger partial charge in [-0.3, -0.25) is 14.4 Å². The maximum absolute atomic E-state index is 13.4. The first-order chi connectivity index (χ1) is 20.0. The van der Waals surface area contributed by atoms with Crippen molar-refractivity contribution in [1.82, 2.24) is 25.3 Å². The van der Waals surface area contributed by atoms with Crippen LogP contribution in [0.2, 0.25) is 0 Å². The van der Waals surface area contributed by atoms with Gasteiger partial charge in [-0.25, -0.2) is 9.59 Å². The number of nitrogens with zero attached hydrogens (tertiary/aromatic N) is 3. The lowest BCUT2D eigenvalue weighted by atomic mass is 10.1. The lowest BCUT2D eigenvalue weighted by molar-refractivity contribution is -0.130. The van der Waals surface area contributed by atoms with E-state index in [-0.39, 0.29) is 43.5 Å². The zero-order chi connectivity index (χ0) is 31.2. The van der Waals surface area contributed by atoms with E-state index in [4.69, 9.17) is 5.73 Å². The molecule has 14 nitrogen and oxygen atoms in total. The molecule has 0 saturated carbocycles. The Balaban J connectivity index is 2.09. The van der Waals surface area contributed by atoms with Gasteiger partial charge < -0.3 is 46.5 Å². The summed E-state index contributed by atoms with van der Waals surface area (Å²) in [6.45, 7) is 6.57. The average Bonchev–Trinajstić information content (AvgIpc) is 3.39. The van der Waals surface area contributed by atoms with Crippen LogP contribution in [0.25, 0.3) is 0 Å². The summed E-state index contributed by atoms with van der Waals surface area (Å²) >= 11 is 0. The Morgan fingerprint density at radius 3 is 2.10 bits per heavy atom. The van der Waals surface area contributed by atoms with Crippen LogP contribution in [0.5, 0.6) is 0 Å². The molecule has 1 fully saturated rings. The summed E-state index contributed by atoms with van der Waals surface area (Å²) in [5.74, 6) is -0.764. The van der Waals surface area contributed by atoms with Crippen molar-refractivity contribution in [3.63, 3.8) is 0 Å². The minimum absolute atomic E-state index is 0.197. The molecular weight excluding hydrogens is 544 g/mol. The van der Waals surface area contributed by atoms with Crippen LogP contribution in [-0.2, 0) is 19.2 Å². The van der Waals surface area contributed by atoms with Crippen molar-refractivity contribution >= 4 is 47.9 Å². The fourth-order valence-corrected chi connectivity index (χ4v) is 4.75. The van der Waals surface area contributed by atoms with E-state index in [0.717, 1.165) is 6.29 Å². The molecule has 14 heteroatoms. The highest BCUT2D eigenvalue weighted by Gasteiger charge is 2.36. The summed E-state index contributed by atoms with van der Waals surface area (Å²) in [6, 6.07) is 4.16. The number of rotatable bonds is 16. The van der Waals surface area contributed by atoms with Crippen LogP contribution in [0.4, 0.5) is 21.0 Å². The summed E-state index contributed by atoms with van der Waals surface area (Å²) in [4.78, 5) is 76.7. The molecule has 6 N–H and O–H groups in total. The van der Waals surface area contributed by atoms with Gasteiger partial charge in [-0.05, 0) is 71.3 Å². The molecule has 1 aliphatic rings. The fraction of sp³-hybridized carbons (Fsp3) is 0.571. The van der Waals surface area contributed by atoms with Crippen molar-refractivity contribution in [2.75, 3.05) is 43.9 Å². The Bertz CT molecular complexity index is 1080. The largest absolute Gasteiger partial charge is 0.368 e. The molecule has 0 aromatic heterocycles. The third-order valence-corrected chi connectivity index (χ3v) is 7.31. The van der Waals surface area contributed by atoms with Crippen molar-refractivity contribution < 1.29 is 28.8 Å². The van der Waals surface area contributed by atoms with E-state index in [1.807, 2.05) is 6.92 Å². The normalized spacial score (nSPS) is 17.5. The first-order valence-electron chi connectivity index (χ1n) is 14.2. The van der Waals surface area contributed by atoms with E-state index < -0.39 is 24.0 Å². The number of urea groups is 2. The molecule has 1 aromatic rings. The van der Waals surface area contributed by atoms with Gasteiger partial charge in [0.15, 0.2) is 0 Å². The number of hydrogen-bond acceptors (Lipinski definition) is 7. The Kier molecular flexibility index (Phi) is 13.7. The highest BCUT2D eigenvalue weighted by molar-refractivity contribution is 5.92. The summed E-state index contributed by atoms with van der Waals surface area (Å²) < 4.78 is 0. The molecule has 7 amide bonds.